The number of nitrogens with one attached hydrogen (secondary N) is 1. The highest BCUT2D eigenvalue weighted by atomic mass is 19.3. The third kappa shape index (κ3) is 4.56. The van der Waals surface area contributed by atoms with Crippen LogP contribution in [0.3, 0.4) is 0 Å². The first-order chi connectivity index (χ1) is 17.0. The molecule has 1 aliphatic heterocycles. The molecule has 2 fully saturated rings. The molecule has 190 valence electrons. The van der Waals surface area contributed by atoms with E-state index < -0.39 is 29.8 Å². The Morgan fingerprint density at radius 2 is 1.81 bits per heavy atom. The van der Waals surface area contributed by atoms with Crippen molar-refractivity contribution < 1.29 is 27.2 Å². The van der Waals surface area contributed by atoms with Crippen molar-refractivity contribution >= 4 is 28.4 Å². The van der Waals surface area contributed by atoms with Gasteiger partial charge in [-0.2, -0.15) is 13.9 Å². The molecular formula is C26H26F4N4O2. The third-order valence-corrected chi connectivity index (χ3v) is 7.07. The Morgan fingerprint density at radius 1 is 1.11 bits per heavy atom. The second-order valence-corrected chi connectivity index (χ2v) is 9.71. The highest BCUT2D eigenvalue weighted by molar-refractivity contribution is 6.00. The van der Waals surface area contributed by atoms with Gasteiger partial charge in [-0.15, -0.1) is 0 Å². The van der Waals surface area contributed by atoms with Crippen molar-refractivity contribution in [1.29, 1.82) is 0 Å². The van der Waals surface area contributed by atoms with E-state index in [2.05, 4.69) is 10.4 Å². The quantitative estimate of drug-likeness (QED) is 0.475. The van der Waals surface area contributed by atoms with E-state index in [1.54, 1.807) is 59.4 Å². The average molecular weight is 503 g/mol. The minimum absolute atomic E-state index is 0.130. The van der Waals surface area contributed by atoms with Crippen LogP contribution in [0.1, 0.15) is 56.7 Å². The Bertz CT molecular complexity index is 1280. The largest absolute Gasteiger partial charge is 0.345 e. The minimum Gasteiger partial charge on any atom is -0.345 e. The number of alkyl halides is 4. The van der Waals surface area contributed by atoms with Gasteiger partial charge in [0.25, 0.3) is 5.91 Å². The van der Waals surface area contributed by atoms with Crippen LogP contribution >= 0.6 is 0 Å². The SMILES string of the molecule is CC(F)(F)C(=O)N[C@@H]1CC(=O)N(c2ccc3c(cnn3C3CCC(F)(F)CC3)c2)[C@H]1c1ccccc1. The highest BCUT2D eigenvalue weighted by Crippen LogP contribution is 2.41. The molecule has 2 aliphatic rings. The Balaban J connectivity index is 1.47. The Labute approximate surface area is 205 Å². The summed E-state index contributed by atoms with van der Waals surface area (Å²) >= 11 is 0. The van der Waals surface area contributed by atoms with Crippen LogP contribution in [-0.2, 0) is 9.59 Å². The summed E-state index contributed by atoms with van der Waals surface area (Å²) in [5.74, 6) is -7.95. The normalized spacial score (nSPS) is 22.8. The number of aromatic nitrogens is 2. The van der Waals surface area contributed by atoms with Crippen molar-refractivity contribution in [1.82, 2.24) is 15.1 Å². The molecule has 1 aromatic heterocycles. The van der Waals surface area contributed by atoms with Crippen molar-refractivity contribution in [3.05, 3.63) is 60.3 Å². The van der Waals surface area contributed by atoms with E-state index in [0.29, 0.717) is 31.0 Å². The standard InChI is InChI=1S/C26H26F4N4O2/c1-25(27,28)24(36)32-20-14-22(35)33(23(20)16-5-3-2-4-6-16)19-7-8-21-17(13-19)15-31-34(21)18-9-11-26(29,30)12-10-18/h2-8,13,15,18,20,23H,9-12,14H2,1H3,(H,32,36)/t20-,23+/m1/s1. The molecule has 0 spiro atoms. The van der Waals surface area contributed by atoms with Gasteiger partial charge < -0.3 is 10.2 Å². The number of carbonyl (C=O) groups is 2. The number of halogens is 4. The van der Waals surface area contributed by atoms with E-state index in [4.69, 9.17) is 0 Å². The molecule has 0 unspecified atom stereocenters. The molecule has 2 aromatic carbocycles. The molecule has 0 bridgehead atoms. The molecule has 0 radical (unpaired) electrons. The molecule has 10 heteroatoms. The second-order valence-electron chi connectivity index (χ2n) is 9.71. The van der Waals surface area contributed by atoms with Crippen LogP contribution in [0.15, 0.2) is 54.7 Å². The lowest BCUT2D eigenvalue weighted by molar-refractivity contribution is -0.143. The zero-order valence-electron chi connectivity index (χ0n) is 19.6. The molecule has 5 rings (SSSR count). The molecule has 3 aromatic rings. The molecule has 2 heterocycles. The van der Waals surface area contributed by atoms with Gasteiger partial charge in [0.2, 0.25) is 11.8 Å². The summed E-state index contributed by atoms with van der Waals surface area (Å²) in [5.41, 5.74) is 2.01. The number of amides is 2. The zero-order valence-corrected chi connectivity index (χ0v) is 19.6. The topological polar surface area (TPSA) is 67.2 Å². The fourth-order valence-electron chi connectivity index (χ4n) is 5.25. The van der Waals surface area contributed by atoms with Crippen LogP contribution in [0.25, 0.3) is 10.9 Å². The van der Waals surface area contributed by atoms with Gasteiger partial charge in [0.1, 0.15) is 0 Å². The molecule has 36 heavy (non-hydrogen) atoms. The lowest BCUT2D eigenvalue weighted by Gasteiger charge is -2.30. The van der Waals surface area contributed by atoms with Gasteiger partial charge in [0.05, 0.1) is 29.8 Å². The maximum Gasteiger partial charge on any atom is 0.321 e. The summed E-state index contributed by atoms with van der Waals surface area (Å²) in [6.45, 7) is 0.521. The summed E-state index contributed by atoms with van der Waals surface area (Å²) in [5, 5.41) is 7.53. The molecule has 2 atom stereocenters. The van der Waals surface area contributed by atoms with Crippen LogP contribution in [0.4, 0.5) is 23.2 Å². The number of nitrogens with zero attached hydrogens (tertiary/aromatic N) is 3. The van der Waals surface area contributed by atoms with E-state index in [-0.39, 0.29) is 31.2 Å². The first-order valence-corrected chi connectivity index (χ1v) is 11.9. The maximum atomic E-state index is 13.6. The fourth-order valence-corrected chi connectivity index (χ4v) is 5.25. The monoisotopic (exact) mass is 502 g/mol. The second kappa shape index (κ2) is 8.90. The summed E-state index contributed by atoms with van der Waals surface area (Å²) in [7, 11) is 0. The number of hydrogen-bond acceptors (Lipinski definition) is 3. The Morgan fingerprint density at radius 3 is 2.47 bits per heavy atom. The predicted octanol–water partition coefficient (Wildman–Crippen LogP) is 5.40. The first kappa shape index (κ1) is 24.3. The first-order valence-electron chi connectivity index (χ1n) is 11.9. The van der Waals surface area contributed by atoms with Gasteiger partial charge in [-0.3, -0.25) is 14.3 Å². The highest BCUT2D eigenvalue weighted by Gasteiger charge is 2.45. The lowest BCUT2D eigenvalue weighted by atomic mass is 9.92. The van der Waals surface area contributed by atoms with Crippen LogP contribution in [0, 0.1) is 0 Å². The molecule has 2 amide bonds. The summed E-state index contributed by atoms with van der Waals surface area (Å²) < 4.78 is 56.2. The molecule has 6 nitrogen and oxygen atoms in total. The Kier molecular flexibility index (Phi) is 6.00. The van der Waals surface area contributed by atoms with Crippen LogP contribution < -0.4 is 10.2 Å². The predicted molar refractivity (Wildman–Crippen MR) is 126 cm³/mol. The van der Waals surface area contributed by atoms with Crippen LogP contribution in [0.5, 0.6) is 0 Å². The number of carbonyl (C=O) groups excluding carboxylic acids is 2. The minimum atomic E-state index is -3.58. The van der Waals surface area contributed by atoms with Gasteiger partial charge in [0, 0.05) is 37.3 Å². The van der Waals surface area contributed by atoms with E-state index in [1.807, 2.05) is 0 Å². The van der Waals surface area contributed by atoms with E-state index in [9.17, 15) is 27.2 Å². The number of rotatable bonds is 5. The van der Waals surface area contributed by atoms with Gasteiger partial charge in [0.15, 0.2) is 0 Å². The van der Waals surface area contributed by atoms with E-state index in [1.165, 1.54) is 4.90 Å². The smallest absolute Gasteiger partial charge is 0.321 e. The summed E-state index contributed by atoms with van der Waals surface area (Å²) in [6.07, 6.45) is 1.81. The van der Waals surface area contributed by atoms with E-state index in [0.717, 1.165) is 10.9 Å². The number of anilines is 1. The summed E-state index contributed by atoms with van der Waals surface area (Å²) in [4.78, 5) is 26.7. The van der Waals surface area contributed by atoms with Crippen molar-refractivity contribution in [3.63, 3.8) is 0 Å². The molecule has 1 saturated carbocycles. The van der Waals surface area contributed by atoms with Gasteiger partial charge in [-0.05, 0) is 36.6 Å². The van der Waals surface area contributed by atoms with Gasteiger partial charge in [-0.25, -0.2) is 8.78 Å². The van der Waals surface area contributed by atoms with Crippen molar-refractivity contribution in [2.24, 2.45) is 0 Å². The van der Waals surface area contributed by atoms with Crippen molar-refractivity contribution in [2.75, 3.05) is 4.90 Å². The van der Waals surface area contributed by atoms with Crippen molar-refractivity contribution in [3.8, 4) is 0 Å². The number of benzene rings is 2. The zero-order chi connectivity index (χ0) is 25.7. The maximum absolute atomic E-state index is 13.6. The molecular weight excluding hydrogens is 476 g/mol. The fraction of sp³-hybridized carbons (Fsp3) is 0.423. The summed E-state index contributed by atoms with van der Waals surface area (Å²) in [6, 6.07) is 12.6. The van der Waals surface area contributed by atoms with Crippen LogP contribution in [0.2, 0.25) is 0 Å². The van der Waals surface area contributed by atoms with Gasteiger partial charge in [-0.1, -0.05) is 30.3 Å². The van der Waals surface area contributed by atoms with Crippen LogP contribution in [-0.4, -0.2) is 39.5 Å². The number of hydrogen-bond donors (Lipinski definition) is 1. The lowest BCUT2D eigenvalue weighted by Crippen LogP contribution is -2.46. The Hall–Kier alpha value is -3.43. The van der Waals surface area contributed by atoms with Crippen molar-refractivity contribution in [2.45, 2.75) is 69.0 Å². The molecule has 1 saturated heterocycles. The van der Waals surface area contributed by atoms with Gasteiger partial charge >= 0.3 is 5.92 Å². The molecule has 1 aliphatic carbocycles. The number of fused-ring (bicyclic) bond motifs is 1. The molecule has 1 N–H and O–H groups in total. The average Bonchev–Trinajstić information content (AvgIpc) is 3.39. The van der Waals surface area contributed by atoms with E-state index >= 15 is 0 Å². The third-order valence-electron chi connectivity index (χ3n) is 7.07.